The molecule has 0 bridgehead atoms. The summed E-state index contributed by atoms with van der Waals surface area (Å²) in [5.74, 6) is 2.63. The van der Waals surface area contributed by atoms with Crippen molar-refractivity contribution in [2.75, 3.05) is 0 Å². The number of fused-ring (bicyclic) bond motifs is 3. The van der Waals surface area contributed by atoms with Crippen LogP contribution in [0.15, 0.2) is 67.3 Å². The fourth-order valence-electron chi connectivity index (χ4n) is 3.40. The Hall–Kier alpha value is -3.34. The standard InChI is InChI=1S/C21H18N4O/c1-23-11-12-25(15-23)17-3-2-4-18(13-17)26-19-6-5-16-7-9-24-10-8-22-21(24)20(16)14-19/h2-6,8,10-14H,7,9H2,1H3. The minimum Gasteiger partial charge on any atom is -0.458 e. The van der Waals surface area contributed by atoms with E-state index < -0.39 is 0 Å². The van der Waals surface area contributed by atoms with Gasteiger partial charge in [-0.3, -0.25) is 0 Å². The molecule has 0 atom stereocenters. The van der Waals surface area contributed by atoms with Gasteiger partial charge in [0.15, 0.2) is 0 Å². The highest BCUT2D eigenvalue weighted by atomic mass is 16.5. The van der Waals surface area contributed by atoms with Crippen molar-refractivity contribution in [1.82, 2.24) is 14.1 Å². The molecule has 0 saturated heterocycles. The fourth-order valence-corrected chi connectivity index (χ4v) is 3.40. The van der Waals surface area contributed by atoms with E-state index in [9.17, 15) is 0 Å². The van der Waals surface area contributed by atoms with Crippen LogP contribution in [0.5, 0.6) is 11.5 Å². The summed E-state index contributed by atoms with van der Waals surface area (Å²) in [4.78, 5) is 4.50. The second kappa shape index (κ2) is 5.88. The molecule has 2 aromatic carbocycles. The monoisotopic (exact) mass is 342 g/mol. The Morgan fingerprint density at radius 3 is 2.92 bits per heavy atom. The van der Waals surface area contributed by atoms with Gasteiger partial charge in [0.05, 0.1) is 12.7 Å². The van der Waals surface area contributed by atoms with Crippen LogP contribution in [0.2, 0.25) is 0 Å². The van der Waals surface area contributed by atoms with Gasteiger partial charge in [0.2, 0.25) is 6.33 Å². The fraction of sp³-hybridized carbons (Fsp3) is 0.143. The van der Waals surface area contributed by atoms with Crippen molar-refractivity contribution in [3.8, 4) is 28.6 Å². The molecule has 5 nitrogen and oxygen atoms in total. The first kappa shape index (κ1) is 15.0. The molecule has 0 radical (unpaired) electrons. The highest BCUT2D eigenvalue weighted by Gasteiger charge is 2.17. The van der Waals surface area contributed by atoms with Crippen molar-refractivity contribution in [3.63, 3.8) is 0 Å². The summed E-state index contributed by atoms with van der Waals surface area (Å²) in [7, 11) is 1.95. The lowest BCUT2D eigenvalue weighted by Gasteiger charge is -2.19. The number of hydrogen-bond acceptors (Lipinski definition) is 2. The smallest absolute Gasteiger partial charge is 0.243 e. The van der Waals surface area contributed by atoms with E-state index in [4.69, 9.17) is 4.74 Å². The van der Waals surface area contributed by atoms with Gasteiger partial charge in [0.1, 0.15) is 17.3 Å². The van der Waals surface area contributed by atoms with Gasteiger partial charge >= 0.3 is 0 Å². The lowest BCUT2D eigenvalue weighted by molar-refractivity contribution is -0.674. The van der Waals surface area contributed by atoms with Gasteiger partial charge < -0.3 is 18.4 Å². The minimum atomic E-state index is 0.798. The average molecular weight is 342 g/mol. The zero-order valence-corrected chi connectivity index (χ0v) is 14.5. The van der Waals surface area contributed by atoms with E-state index in [1.807, 2.05) is 71.3 Å². The van der Waals surface area contributed by atoms with Gasteiger partial charge in [0.25, 0.3) is 0 Å². The molecule has 5 heteroatoms. The van der Waals surface area contributed by atoms with Gasteiger partial charge in [-0.05, 0) is 36.2 Å². The van der Waals surface area contributed by atoms with Crippen LogP contribution < -0.4 is 9.30 Å². The van der Waals surface area contributed by atoms with Gasteiger partial charge in [0, 0.05) is 36.9 Å². The summed E-state index contributed by atoms with van der Waals surface area (Å²) in [5.41, 5.74) is 3.48. The maximum absolute atomic E-state index is 6.13. The van der Waals surface area contributed by atoms with Crippen molar-refractivity contribution in [2.24, 2.45) is 7.05 Å². The van der Waals surface area contributed by atoms with Crippen LogP contribution in [0.1, 0.15) is 5.56 Å². The number of nitrogens with zero attached hydrogens (tertiary/aromatic N) is 4. The number of hydrogen-bond donors (Lipinski definition) is 0. The summed E-state index contributed by atoms with van der Waals surface area (Å²) in [5, 5.41) is 0. The zero-order valence-electron chi connectivity index (χ0n) is 14.5. The molecule has 3 heterocycles. The number of benzene rings is 2. The molecule has 1 aliphatic rings. The van der Waals surface area contributed by atoms with Gasteiger partial charge in [-0.25, -0.2) is 4.98 Å². The lowest BCUT2D eigenvalue weighted by Crippen LogP contribution is -2.24. The summed E-state index contributed by atoms with van der Waals surface area (Å²) in [6.45, 7) is 0.982. The molecular formula is C21H18N4O. The molecule has 0 fully saturated rings. The van der Waals surface area contributed by atoms with Gasteiger partial charge in [-0.2, -0.15) is 0 Å². The Bertz CT molecular complexity index is 1090. The first-order chi connectivity index (χ1) is 12.8. The summed E-state index contributed by atoms with van der Waals surface area (Å²) in [6.07, 6.45) is 12.0. The molecule has 2 aromatic heterocycles. The van der Waals surface area contributed by atoms with Crippen molar-refractivity contribution < 1.29 is 9.30 Å². The van der Waals surface area contributed by atoms with Crippen LogP contribution in [0.3, 0.4) is 0 Å². The van der Waals surface area contributed by atoms with Crippen molar-refractivity contribution >= 4 is 0 Å². The molecule has 0 amide bonds. The molecule has 128 valence electrons. The summed E-state index contributed by atoms with van der Waals surface area (Å²) < 4.78 is 12.2. The molecule has 1 aliphatic heterocycles. The van der Waals surface area contributed by atoms with E-state index >= 15 is 0 Å². The highest BCUT2D eigenvalue weighted by molar-refractivity contribution is 5.65. The van der Waals surface area contributed by atoms with Crippen LogP contribution in [-0.2, 0) is 20.0 Å². The Kier molecular flexibility index (Phi) is 3.38. The van der Waals surface area contributed by atoms with Gasteiger partial charge in [-0.1, -0.05) is 18.2 Å². The van der Waals surface area contributed by atoms with E-state index in [1.165, 1.54) is 5.56 Å². The maximum Gasteiger partial charge on any atom is 0.243 e. The second-order valence-corrected chi connectivity index (χ2v) is 6.49. The van der Waals surface area contributed by atoms with E-state index in [1.54, 1.807) is 0 Å². The Labute approximate surface area is 151 Å². The molecule has 0 N–H and O–H groups in total. The number of ether oxygens (including phenoxy) is 1. The normalized spacial score (nSPS) is 12.5. The number of imidazole rings is 2. The molecule has 0 aliphatic carbocycles. The van der Waals surface area contributed by atoms with Crippen molar-refractivity contribution in [2.45, 2.75) is 13.0 Å². The third-order valence-corrected chi connectivity index (χ3v) is 4.70. The van der Waals surface area contributed by atoms with Crippen LogP contribution in [-0.4, -0.2) is 14.1 Å². The number of rotatable bonds is 3. The molecule has 0 spiro atoms. The molecule has 5 rings (SSSR count). The Balaban J connectivity index is 1.47. The third kappa shape index (κ3) is 2.58. The SMILES string of the molecule is C[n+]1[c-]n(-c2cccc(Oc3ccc4c(c3)-c3nccn3CC4)c2)cc1. The molecular weight excluding hydrogens is 324 g/mol. The highest BCUT2D eigenvalue weighted by Crippen LogP contribution is 2.33. The number of aryl methyl sites for hydroxylation is 3. The Morgan fingerprint density at radius 2 is 2.04 bits per heavy atom. The topological polar surface area (TPSA) is 35.9 Å². The molecule has 0 saturated carbocycles. The first-order valence-corrected chi connectivity index (χ1v) is 8.65. The predicted molar refractivity (Wildman–Crippen MR) is 97.2 cm³/mol. The van der Waals surface area contributed by atoms with E-state index in [0.717, 1.165) is 41.5 Å². The van der Waals surface area contributed by atoms with Crippen LogP contribution >= 0.6 is 0 Å². The lowest BCUT2D eigenvalue weighted by atomic mass is 10.0. The summed E-state index contributed by atoms with van der Waals surface area (Å²) in [6, 6.07) is 14.3. The van der Waals surface area contributed by atoms with Crippen molar-refractivity contribution in [1.29, 1.82) is 0 Å². The first-order valence-electron chi connectivity index (χ1n) is 8.65. The van der Waals surface area contributed by atoms with E-state index in [0.29, 0.717) is 0 Å². The maximum atomic E-state index is 6.13. The van der Waals surface area contributed by atoms with Crippen molar-refractivity contribution in [3.05, 3.63) is 79.1 Å². The predicted octanol–water partition coefficient (Wildman–Crippen LogP) is 3.31. The molecule has 26 heavy (non-hydrogen) atoms. The third-order valence-electron chi connectivity index (χ3n) is 4.70. The molecule has 4 aromatic rings. The Morgan fingerprint density at radius 1 is 1.12 bits per heavy atom. The largest absolute Gasteiger partial charge is 0.458 e. The van der Waals surface area contributed by atoms with Crippen LogP contribution in [0.4, 0.5) is 0 Å². The van der Waals surface area contributed by atoms with E-state index in [2.05, 4.69) is 28.0 Å². The quantitative estimate of drug-likeness (QED) is 0.423. The number of aromatic nitrogens is 4. The minimum absolute atomic E-state index is 0.798. The van der Waals surface area contributed by atoms with E-state index in [-0.39, 0.29) is 0 Å². The summed E-state index contributed by atoms with van der Waals surface area (Å²) >= 11 is 0. The van der Waals surface area contributed by atoms with Crippen LogP contribution in [0.25, 0.3) is 17.1 Å². The zero-order chi connectivity index (χ0) is 17.5. The van der Waals surface area contributed by atoms with Crippen LogP contribution in [0, 0.1) is 6.33 Å². The van der Waals surface area contributed by atoms with Gasteiger partial charge in [-0.15, -0.1) is 0 Å². The average Bonchev–Trinajstić information content (AvgIpc) is 3.31. The molecule has 0 unspecified atom stereocenters. The second-order valence-electron chi connectivity index (χ2n) is 6.49.